The second-order valence-electron chi connectivity index (χ2n) is 6.95. The number of aryl methyl sites for hydroxylation is 1. The second kappa shape index (κ2) is 11.1. The van der Waals surface area contributed by atoms with Gasteiger partial charge < -0.3 is 23.7 Å². The van der Waals surface area contributed by atoms with Gasteiger partial charge in [-0.25, -0.2) is 0 Å². The Morgan fingerprint density at radius 1 is 0.839 bits per heavy atom. The van der Waals surface area contributed by atoms with Gasteiger partial charge in [0, 0.05) is 32.6 Å². The van der Waals surface area contributed by atoms with Gasteiger partial charge in [-0.05, 0) is 18.6 Å². The van der Waals surface area contributed by atoms with E-state index in [0.717, 1.165) is 10.5 Å². The lowest BCUT2D eigenvalue weighted by Gasteiger charge is -2.44. The van der Waals surface area contributed by atoms with Crippen LogP contribution in [-0.4, -0.2) is 60.3 Å². The molecule has 5 atom stereocenters. The molecule has 1 saturated heterocycles. The zero-order chi connectivity index (χ0) is 23.1. The van der Waals surface area contributed by atoms with Crippen molar-refractivity contribution in [3.63, 3.8) is 0 Å². The third-order valence-corrected chi connectivity index (χ3v) is 5.61. The van der Waals surface area contributed by atoms with E-state index in [2.05, 4.69) is 0 Å². The van der Waals surface area contributed by atoms with Gasteiger partial charge >= 0.3 is 23.9 Å². The summed E-state index contributed by atoms with van der Waals surface area (Å²) in [5, 5.41) is 0. The van der Waals surface area contributed by atoms with Gasteiger partial charge in [-0.15, -0.1) is 0 Å². The average molecular weight is 454 g/mol. The van der Waals surface area contributed by atoms with E-state index in [-0.39, 0.29) is 6.61 Å². The minimum Gasteiger partial charge on any atom is -0.463 e. The first-order chi connectivity index (χ1) is 14.6. The molecular weight excluding hydrogens is 428 g/mol. The van der Waals surface area contributed by atoms with Gasteiger partial charge in [0.25, 0.3) is 0 Å². The van der Waals surface area contributed by atoms with Crippen molar-refractivity contribution >= 4 is 35.6 Å². The van der Waals surface area contributed by atoms with Crippen LogP contribution in [0.25, 0.3) is 0 Å². The van der Waals surface area contributed by atoms with Gasteiger partial charge in [0.05, 0.1) is 0 Å². The molecule has 10 heteroatoms. The maximum atomic E-state index is 11.8. The number of rotatable bonds is 7. The van der Waals surface area contributed by atoms with Crippen molar-refractivity contribution in [2.75, 3.05) is 6.61 Å². The van der Waals surface area contributed by atoms with E-state index in [0.29, 0.717) is 0 Å². The molecule has 1 aromatic carbocycles. The lowest BCUT2D eigenvalue weighted by Crippen LogP contribution is -2.61. The Morgan fingerprint density at radius 3 is 1.94 bits per heavy atom. The molecule has 1 aromatic rings. The van der Waals surface area contributed by atoms with Crippen molar-refractivity contribution in [2.45, 2.75) is 69.4 Å². The zero-order valence-corrected chi connectivity index (χ0v) is 18.8. The number of carbonyl (C=O) groups excluding carboxylic acids is 4. The summed E-state index contributed by atoms with van der Waals surface area (Å²) in [5.41, 5.74) is 0.127. The SMILES string of the molecule is CC(=O)OC[C@H]1O[C@@H](Sc2ccccc2C)[C@H](OC(C)=O)[C@@H](OC(C)=O)[C@H]1OC(C)=O. The lowest BCUT2D eigenvalue weighted by molar-refractivity contribution is -0.237. The molecule has 1 aliphatic rings. The first-order valence-corrected chi connectivity index (χ1v) is 10.5. The second-order valence-corrected chi connectivity index (χ2v) is 8.09. The number of benzene rings is 1. The Balaban J connectivity index is 2.46. The highest BCUT2D eigenvalue weighted by molar-refractivity contribution is 7.99. The quantitative estimate of drug-likeness (QED) is 0.448. The summed E-state index contributed by atoms with van der Waals surface area (Å²) in [6, 6.07) is 7.51. The van der Waals surface area contributed by atoms with Crippen LogP contribution in [0.15, 0.2) is 29.2 Å². The Labute approximate surface area is 184 Å². The molecular formula is C21H26O9S. The third kappa shape index (κ3) is 7.25. The Hall–Kier alpha value is -2.59. The minimum absolute atomic E-state index is 0.247. The van der Waals surface area contributed by atoms with Crippen LogP contribution in [0.3, 0.4) is 0 Å². The summed E-state index contributed by atoms with van der Waals surface area (Å²) in [6.07, 6.45) is -4.35. The van der Waals surface area contributed by atoms with Crippen LogP contribution in [0.2, 0.25) is 0 Å². The predicted octanol–water partition coefficient (Wildman–Crippen LogP) is 2.17. The van der Waals surface area contributed by atoms with Crippen molar-refractivity contribution < 1.29 is 42.9 Å². The van der Waals surface area contributed by atoms with E-state index in [9.17, 15) is 19.2 Å². The fourth-order valence-electron chi connectivity index (χ4n) is 3.10. The number of thioether (sulfide) groups is 1. The highest BCUT2D eigenvalue weighted by atomic mass is 32.2. The van der Waals surface area contributed by atoms with Crippen LogP contribution >= 0.6 is 11.8 Å². The number of hydrogen-bond donors (Lipinski definition) is 0. The standard InChI is InChI=1S/C21H26O9S/c1-11-8-6-7-9-17(11)31-21-20(29-15(5)25)19(28-14(4)24)18(27-13(3)23)16(30-21)10-26-12(2)22/h6-9,16,18-21H,10H2,1-5H3/t16-,18+,19+,20-,21+/m1/s1. The van der Waals surface area contributed by atoms with E-state index in [1.165, 1.54) is 39.5 Å². The molecule has 9 nitrogen and oxygen atoms in total. The maximum absolute atomic E-state index is 11.8. The maximum Gasteiger partial charge on any atom is 0.303 e. The molecule has 0 saturated carbocycles. The summed E-state index contributed by atoms with van der Waals surface area (Å²) < 4.78 is 27.4. The molecule has 0 bridgehead atoms. The van der Waals surface area contributed by atoms with Crippen LogP contribution < -0.4 is 0 Å². The molecule has 31 heavy (non-hydrogen) atoms. The largest absolute Gasteiger partial charge is 0.463 e. The van der Waals surface area contributed by atoms with E-state index in [1.807, 2.05) is 31.2 Å². The molecule has 0 unspecified atom stereocenters. The molecule has 1 aliphatic heterocycles. The van der Waals surface area contributed by atoms with Crippen molar-refractivity contribution in [3.05, 3.63) is 29.8 Å². The number of carbonyl (C=O) groups is 4. The summed E-state index contributed by atoms with van der Waals surface area (Å²) in [6.45, 7) is 6.48. The molecule has 0 aromatic heterocycles. The molecule has 0 N–H and O–H groups in total. The molecule has 170 valence electrons. The summed E-state index contributed by atoms with van der Waals surface area (Å²) >= 11 is 1.26. The molecule has 2 rings (SSSR count). The average Bonchev–Trinajstić information content (AvgIpc) is 2.65. The highest BCUT2D eigenvalue weighted by Gasteiger charge is 2.52. The highest BCUT2D eigenvalue weighted by Crippen LogP contribution is 2.38. The van der Waals surface area contributed by atoms with Crippen LogP contribution in [-0.2, 0) is 42.9 Å². The molecule has 0 amide bonds. The number of ether oxygens (including phenoxy) is 5. The smallest absolute Gasteiger partial charge is 0.303 e. The minimum atomic E-state index is -1.17. The van der Waals surface area contributed by atoms with E-state index in [4.69, 9.17) is 23.7 Å². The molecule has 1 fully saturated rings. The molecule has 0 spiro atoms. The van der Waals surface area contributed by atoms with Crippen molar-refractivity contribution in [1.29, 1.82) is 0 Å². The van der Waals surface area contributed by atoms with Crippen molar-refractivity contribution in [1.82, 2.24) is 0 Å². The van der Waals surface area contributed by atoms with Crippen molar-refractivity contribution in [2.24, 2.45) is 0 Å². The first-order valence-electron chi connectivity index (χ1n) is 9.61. The summed E-state index contributed by atoms with van der Waals surface area (Å²) in [5.74, 6) is -2.50. The van der Waals surface area contributed by atoms with Gasteiger partial charge in [-0.3, -0.25) is 19.2 Å². The Bertz CT molecular complexity index is 825. The number of hydrogen-bond acceptors (Lipinski definition) is 10. The molecule has 0 radical (unpaired) electrons. The van der Waals surface area contributed by atoms with Crippen LogP contribution in [0.1, 0.15) is 33.3 Å². The van der Waals surface area contributed by atoms with E-state index < -0.39 is 53.7 Å². The fraction of sp³-hybridized carbons (Fsp3) is 0.524. The predicted molar refractivity (Wildman–Crippen MR) is 109 cm³/mol. The summed E-state index contributed by atoms with van der Waals surface area (Å²) in [4.78, 5) is 47.6. The summed E-state index contributed by atoms with van der Waals surface area (Å²) in [7, 11) is 0. The van der Waals surface area contributed by atoms with Crippen LogP contribution in [0.4, 0.5) is 0 Å². The molecule has 0 aliphatic carbocycles. The van der Waals surface area contributed by atoms with Gasteiger partial charge in [0.1, 0.15) is 18.1 Å². The van der Waals surface area contributed by atoms with Gasteiger partial charge in [0.15, 0.2) is 18.3 Å². The zero-order valence-electron chi connectivity index (χ0n) is 18.0. The normalized spacial score (nSPS) is 25.3. The lowest BCUT2D eigenvalue weighted by atomic mass is 9.99. The first kappa shape index (κ1) is 24.7. The van der Waals surface area contributed by atoms with Crippen LogP contribution in [0, 0.1) is 6.92 Å². The Morgan fingerprint density at radius 2 is 1.39 bits per heavy atom. The monoisotopic (exact) mass is 454 g/mol. The fourth-order valence-corrected chi connectivity index (χ4v) is 4.30. The third-order valence-electron chi connectivity index (χ3n) is 4.28. The van der Waals surface area contributed by atoms with Crippen molar-refractivity contribution in [3.8, 4) is 0 Å². The van der Waals surface area contributed by atoms with Gasteiger partial charge in [0.2, 0.25) is 0 Å². The topological polar surface area (TPSA) is 114 Å². The van der Waals surface area contributed by atoms with E-state index >= 15 is 0 Å². The Kier molecular flexibility index (Phi) is 8.88. The van der Waals surface area contributed by atoms with Crippen LogP contribution in [0.5, 0.6) is 0 Å². The number of esters is 4. The van der Waals surface area contributed by atoms with Gasteiger partial charge in [-0.1, -0.05) is 30.0 Å². The van der Waals surface area contributed by atoms with E-state index in [1.54, 1.807) is 0 Å². The molecule has 1 heterocycles. The van der Waals surface area contributed by atoms with Gasteiger partial charge in [-0.2, -0.15) is 0 Å².